The van der Waals surface area contributed by atoms with Gasteiger partial charge in [-0.25, -0.2) is 0 Å². The van der Waals surface area contributed by atoms with E-state index in [0.717, 1.165) is 54.0 Å². The van der Waals surface area contributed by atoms with Gasteiger partial charge >= 0.3 is 0 Å². The Labute approximate surface area is 284 Å². The maximum atomic E-state index is 13.9. The number of piperidine rings is 1. The van der Waals surface area contributed by atoms with Crippen LogP contribution in [0.15, 0.2) is 48.5 Å². The van der Waals surface area contributed by atoms with E-state index in [4.69, 9.17) is 9.47 Å². The molecule has 1 saturated heterocycles. The maximum absolute atomic E-state index is 13.9. The first-order chi connectivity index (χ1) is 23.3. The molecule has 5 rings (SSSR count). The van der Waals surface area contributed by atoms with E-state index in [1.54, 1.807) is 4.90 Å². The first-order valence-corrected chi connectivity index (χ1v) is 17.8. The quantitative estimate of drug-likeness (QED) is 0.328. The van der Waals surface area contributed by atoms with Gasteiger partial charge in [-0.1, -0.05) is 55.7 Å². The molecule has 0 aromatic heterocycles. The van der Waals surface area contributed by atoms with Crippen molar-refractivity contribution in [3.63, 3.8) is 0 Å². The third-order valence-corrected chi connectivity index (χ3v) is 10.0. The molecule has 2 aromatic carbocycles. The lowest BCUT2D eigenvalue weighted by Gasteiger charge is -2.34. The molecule has 1 aliphatic carbocycles. The topological polar surface area (TPSA) is 126 Å². The summed E-state index contributed by atoms with van der Waals surface area (Å²) in [4.78, 5) is 56.0. The summed E-state index contributed by atoms with van der Waals surface area (Å²) in [7, 11) is 0. The van der Waals surface area contributed by atoms with E-state index in [1.165, 1.54) is 19.3 Å². The number of hydrogen-bond acceptors (Lipinski definition) is 6. The van der Waals surface area contributed by atoms with Crippen molar-refractivity contribution in [3.8, 4) is 5.75 Å². The minimum atomic E-state index is -1.12. The van der Waals surface area contributed by atoms with Crippen LogP contribution in [0.5, 0.6) is 5.75 Å². The van der Waals surface area contributed by atoms with Crippen LogP contribution in [0.2, 0.25) is 0 Å². The molecule has 2 aliphatic heterocycles. The summed E-state index contributed by atoms with van der Waals surface area (Å²) >= 11 is 0. The number of benzene rings is 2. The molecule has 0 spiro atoms. The zero-order valence-corrected chi connectivity index (χ0v) is 28.3. The highest BCUT2D eigenvalue weighted by atomic mass is 16.5. The van der Waals surface area contributed by atoms with E-state index in [2.05, 4.69) is 16.0 Å². The fourth-order valence-corrected chi connectivity index (χ4v) is 6.68. The molecule has 48 heavy (non-hydrogen) atoms. The van der Waals surface area contributed by atoms with Crippen LogP contribution in [-0.4, -0.2) is 73.5 Å². The zero-order valence-electron chi connectivity index (χ0n) is 28.3. The normalized spacial score (nSPS) is 22.7. The average molecular weight is 661 g/mol. The Morgan fingerprint density at radius 3 is 2.60 bits per heavy atom. The van der Waals surface area contributed by atoms with Crippen molar-refractivity contribution in [2.24, 2.45) is 11.8 Å². The largest absolute Gasteiger partial charge is 0.494 e. The molecule has 3 atom stereocenters. The molecular formula is C38H52N4O6. The van der Waals surface area contributed by atoms with Crippen LogP contribution >= 0.6 is 0 Å². The van der Waals surface area contributed by atoms with Gasteiger partial charge in [0, 0.05) is 32.7 Å². The average Bonchev–Trinajstić information content (AvgIpc) is 3.07. The summed E-state index contributed by atoms with van der Waals surface area (Å²) in [6.45, 7) is 4.84. The van der Waals surface area contributed by atoms with Crippen molar-refractivity contribution in [2.45, 2.75) is 96.2 Å². The Morgan fingerprint density at radius 1 is 0.979 bits per heavy atom. The minimum absolute atomic E-state index is 0.0881. The van der Waals surface area contributed by atoms with Gasteiger partial charge in [-0.3, -0.25) is 19.2 Å². The lowest BCUT2D eigenvalue weighted by Crippen LogP contribution is -2.55. The lowest BCUT2D eigenvalue weighted by atomic mass is 9.83. The number of rotatable bonds is 10. The van der Waals surface area contributed by atoms with Crippen molar-refractivity contribution >= 4 is 23.6 Å². The summed E-state index contributed by atoms with van der Waals surface area (Å²) in [5, 5.41) is 8.72. The highest BCUT2D eigenvalue weighted by Gasteiger charge is 2.32. The molecule has 10 nitrogen and oxygen atoms in total. The van der Waals surface area contributed by atoms with Crippen LogP contribution < -0.4 is 20.7 Å². The van der Waals surface area contributed by atoms with Gasteiger partial charge < -0.3 is 30.3 Å². The second-order valence-electron chi connectivity index (χ2n) is 13.6. The number of nitrogens with zero attached hydrogens (tertiary/aromatic N) is 1. The monoisotopic (exact) mass is 660 g/mol. The smallest absolute Gasteiger partial charge is 0.243 e. The standard InChI is InChI=1S/C38H52N4O6/c1-27-12-14-32-23-31(27)25-39-37(45)33(15-13-28-7-3-2-4-8-28)41-38(46)34(40-35(43)18-21-47-20-16-29-9-5-10-29)24-36(44)42-19-6-11-30(26-42)17-22-48-32/h2-4,7-8,12,14,23,29-30,33-34H,5-6,9-11,13,15-22,24-26H2,1H3,(H,39,45)(H,40,43)(H,41,46)/t30?,33-,34-/m0/s1. The lowest BCUT2D eigenvalue weighted by molar-refractivity contribution is -0.138. The number of hydrogen-bond donors (Lipinski definition) is 3. The second kappa shape index (κ2) is 18.0. The van der Waals surface area contributed by atoms with Crippen LogP contribution in [0.1, 0.15) is 80.9 Å². The van der Waals surface area contributed by atoms with E-state index in [0.29, 0.717) is 39.1 Å². The second-order valence-corrected chi connectivity index (χ2v) is 13.6. The summed E-state index contributed by atoms with van der Waals surface area (Å²) in [6.07, 6.45) is 8.27. The molecule has 2 heterocycles. The summed E-state index contributed by atoms with van der Waals surface area (Å²) in [6, 6.07) is 13.7. The SMILES string of the molecule is Cc1ccc2cc1CNC(=O)[C@H](CCc1ccccc1)NC(=O)[C@@H](NC(=O)CCOCCC1CCC1)CC(=O)N1CCCC(CCO2)C1. The molecular weight excluding hydrogens is 608 g/mol. The van der Waals surface area contributed by atoms with Gasteiger partial charge in [0.25, 0.3) is 0 Å². The van der Waals surface area contributed by atoms with Gasteiger partial charge in [0.15, 0.2) is 0 Å². The van der Waals surface area contributed by atoms with Crippen molar-refractivity contribution in [1.82, 2.24) is 20.9 Å². The van der Waals surface area contributed by atoms with Gasteiger partial charge in [-0.15, -0.1) is 0 Å². The molecule has 10 heteroatoms. The van der Waals surface area contributed by atoms with Crippen molar-refractivity contribution < 1.29 is 28.7 Å². The van der Waals surface area contributed by atoms with E-state index >= 15 is 0 Å². The number of carbonyl (C=O) groups excluding carboxylic acids is 4. The van der Waals surface area contributed by atoms with Gasteiger partial charge in [0.05, 0.1) is 19.6 Å². The summed E-state index contributed by atoms with van der Waals surface area (Å²) < 4.78 is 11.8. The predicted octanol–water partition coefficient (Wildman–Crippen LogP) is 4.22. The van der Waals surface area contributed by atoms with E-state index in [1.807, 2.05) is 55.5 Å². The molecule has 4 amide bonds. The molecule has 2 aromatic rings. The number of aryl methyl sites for hydroxylation is 2. The Balaban J connectivity index is 1.31. The maximum Gasteiger partial charge on any atom is 0.243 e. The van der Waals surface area contributed by atoms with Gasteiger partial charge in [-0.2, -0.15) is 0 Å². The fraction of sp³-hybridized carbons (Fsp3) is 0.579. The third-order valence-electron chi connectivity index (χ3n) is 10.0. The highest BCUT2D eigenvalue weighted by molar-refractivity contribution is 5.95. The van der Waals surface area contributed by atoms with Crippen molar-refractivity contribution in [2.75, 3.05) is 32.9 Å². The molecule has 3 N–H and O–H groups in total. The fourth-order valence-electron chi connectivity index (χ4n) is 6.68. The van der Waals surface area contributed by atoms with E-state index < -0.39 is 18.0 Å². The molecule has 2 fully saturated rings. The van der Waals surface area contributed by atoms with Crippen LogP contribution in [0.25, 0.3) is 0 Å². The van der Waals surface area contributed by atoms with Gasteiger partial charge in [-0.05, 0) is 86.1 Å². The number of amides is 4. The van der Waals surface area contributed by atoms with Crippen molar-refractivity contribution in [1.29, 1.82) is 0 Å². The Morgan fingerprint density at radius 2 is 1.81 bits per heavy atom. The Hall–Kier alpha value is -3.92. The van der Waals surface area contributed by atoms with Crippen LogP contribution in [0.3, 0.4) is 0 Å². The zero-order chi connectivity index (χ0) is 33.7. The third kappa shape index (κ3) is 10.8. The van der Waals surface area contributed by atoms with Crippen molar-refractivity contribution in [3.05, 3.63) is 65.2 Å². The van der Waals surface area contributed by atoms with E-state index in [9.17, 15) is 19.2 Å². The number of fused-ring (bicyclic) bond motifs is 4. The van der Waals surface area contributed by atoms with Crippen LogP contribution in [0.4, 0.5) is 0 Å². The first kappa shape index (κ1) is 35.4. The summed E-state index contributed by atoms with van der Waals surface area (Å²) in [5.41, 5.74) is 3.00. The van der Waals surface area contributed by atoms with E-state index in [-0.39, 0.29) is 49.6 Å². The number of carbonyl (C=O) groups is 4. The molecule has 4 bridgehead atoms. The minimum Gasteiger partial charge on any atom is -0.494 e. The molecule has 1 unspecified atom stereocenters. The van der Waals surface area contributed by atoms with Crippen LogP contribution in [-0.2, 0) is 36.9 Å². The molecule has 0 radical (unpaired) electrons. The number of ether oxygens (including phenoxy) is 2. The summed E-state index contributed by atoms with van der Waals surface area (Å²) in [5.74, 6) is 0.329. The Kier molecular flexibility index (Phi) is 13.3. The predicted molar refractivity (Wildman–Crippen MR) is 183 cm³/mol. The van der Waals surface area contributed by atoms with Gasteiger partial charge in [0.2, 0.25) is 23.6 Å². The first-order valence-electron chi connectivity index (χ1n) is 17.8. The van der Waals surface area contributed by atoms with Crippen LogP contribution in [0, 0.1) is 18.8 Å². The number of nitrogens with one attached hydrogen (secondary N) is 3. The molecule has 1 saturated carbocycles. The van der Waals surface area contributed by atoms with Gasteiger partial charge in [0.1, 0.15) is 17.8 Å². The molecule has 3 aliphatic rings. The molecule has 260 valence electrons. The highest BCUT2D eigenvalue weighted by Crippen LogP contribution is 2.29. The Bertz CT molecular complexity index is 1380.